The number of aromatic nitrogens is 3. The third kappa shape index (κ3) is 4.43. The van der Waals surface area contributed by atoms with Crippen LogP contribution in [0.1, 0.15) is 47.4 Å². The first-order valence-electron chi connectivity index (χ1n) is 5.86. The first-order valence-corrected chi connectivity index (χ1v) is 8.17. The number of hydrogen-bond donors (Lipinski definition) is 0. The van der Waals surface area contributed by atoms with Gasteiger partial charge >= 0.3 is 0 Å². The molecular formula is C11H20ClN3O3S. The molecule has 0 aliphatic carbocycles. The lowest BCUT2D eigenvalue weighted by atomic mass is 10.1. The Morgan fingerprint density at radius 1 is 1.16 bits per heavy atom. The van der Waals surface area contributed by atoms with Crippen LogP contribution in [0, 0.1) is 0 Å². The molecule has 0 fully saturated rings. The van der Waals surface area contributed by atoms with Gasteiger partial charge in [0.15, 0.2) is 5.82 Å². The van der Waals surface area contributed by atoms with E-state index >= 15 is 0 Å². The van der Waals surface area contributed by atoms with Crippen LogP contribution in [0.25, 0.3) is 0 Å². The highest BCUT2D eigenvalue weighted by Crippen LogP contribution is 2.24. The molecule has 0 bridgehead atoms. The molecule has 8 heteroatoms. The van der Waals surface area contributed by atoms with E-state index in [1.165, 1.54) is 4.57 Å². The van der Waals surface area contributed by atoms with Crippen LogP contribution in [-0.2, 0) is 25.9 Å². The zero-order valence-electron chi connectivity index (χ0n) is 12.1. The van der Waals surface area contributed by atoms with E-state index < -0.39 is 14.6 Å². The summed E-state index contributed by atoms with van der Waals surface area (Å²) >= 11 is 0. The van der Waals surface area contributed by atoms with Crippen LogP contribution in [0.3, 0.4) is 0 Å². The van der Waals surface area contributed by atoms with E-state index in [9.17, 15) is 8.42 Å². The van der Waals surface area contributed by atoms with Crippen molar-refractivity contribution in [3.05, 3.63) is 5.82 Å². The third-order valence-corrected chi connectivity index (χ3v) is 3.34. The average molecular weight is 310 g/mol. The number of ether oxygens (including phenoxy) is 1. The number of rotatable bonds is 3. The minimum absolute atomic E-state index is 0.167. The molecule has 110 valence electrons. The molecule has 0 spiro atoms. The standard InChI is InChI=1S/C11H20ClN3O3S/c1-10(2,3)15-8(7-18-11(4,5)6)13-14-9(15)19(12,16)17/h7H2,1-6H3. The van der Waals surface area contributed by atoms with E-state index in [4.69, 9.17) is 15.4 Å². The van der Waals surface area contributed by atoms with Crippen molar-refractivity contribution in [2.45, 2.75) is 64.4 Å². The van der Waals surface area contributed by atoms with Crippen molar-refractivity contribution in [2.75, 3.05) is 0 Å². The van der Waals surface area contributed by atoms with Crippen molar-refractivity contribution in [3.63, 3.8) is 0 Å². The Bertz CT molecular complexity index is 553. The highest BCUT2D eigenvalue weighted by Gasteiger charge is 2.30. The van der Waals surface area contributed by atoms with Crippen LogP contribution < -0.4 is 0 Å². The monoisotopic (exact) mass is 309 g/mol. The molecule has 1 aromatic rings. The van der Waals surface area contributed by atoms with E-state index in [-0.39, 0.29) is 17.4 Å². The molecule has 0 amide bonds. The molecule has 19 heavy (non-hydrogen) atoms. The van der Waals surface area contributed by atoms with Gasteiger partial charge in [-0.05, 0) is 41.5 Å². The third-order valence-electron chi connectivity index (χ3n) is 2.22. The van der Waals surface area contributed by atoms with Crippen LogP contribution >= 0.6 is 10.7 Å². The molecule has 0 radical (unpaired) electrons. The van der Waals surface area contributed by atoms with Crippen LogP contribution in [0.5, 0.6) is 0 Å². The molecule has 0 saturated carbocycles. The van der Waals surface area contributed by atoms with Crippen molar-refractivity contribution in [3.8, 4) is 0 Å². The largest absolute Gasteiger partial charge is 0.368 e. The predicted molar refractivity (Wildman–Crippen MR) is 72.6 cm³/mol. The van der Waals surface area contributed by atoms with Crippen LogP contribution in [0.15, 0.2) is 5.16 Å². The molecule has 1 rings (SSSR count). The zero-order valence-corrected chi connectivity index (χ0v) is 13.6. The summed E-state index contributed by atoms with van der Waals surface area (Å²) in [7, 11) is 1.44. The Labute approximate surface area is 118 Å². The van der Waals surface area contributed by atoms with Gasteiger partial charge < -0.3 is 4.74 Å². The lowest BCUT2D eigenvalue weighted by molar-refractivity contribution is -0.0208. The topological polar surface area (TPSA) is 74.1 Å². The van der Waals surface area contributed by atoms with Gasteiger partial charge in [0.25, 0.3) is 14.2 Å². The number of nitrogens with zero attached hydrogens (tertiary/aromatic N) is 3. The minimum atomic E-state index is -3.94. The Morgan fingerprint density at radius 3 is 2.05 bits per heavy atom. The fourth-order valence-corrected chi connectivity index (χ4v) is 2.54. The summed E-state index contributed by atoms with van der Waals surface area (Å²) in [5.74, 6) is 0.432. The average Bonchev–Trinajstić information content (AvgIpc) is 2.55. The minimum Gasteiger partial charge on any atom is -0.368 e. The lowest BCUT2D eigenvalue weighted by Crippen LogP contribution is -2.28. The SMILES string of the molecule is CC(C)(C)OCc1nnc(S(=O)(=O)Cl)n1C(C)(C)C. The maximum Gasteiger partial charge on any atom is 0.296 e. The summed E-state index contributed by atoms with van der Waals surface area (Å²) in [5, 5.41) is 7.29. The first-order chi connectivity index (χ1) is 8.32. The molecule has 1 aromatic heterocycles. The molecule has 1 heterocycles. The van der Waals surface area contributed by atoms with Crippen molar-refractivity contribution < 1.29 is 13.2 Å². The quantitative estimate of drug-likeness (QED) is 0.801. The van der Waals surface area contributed by atoms with E-state index in [1.54, 1.807) is 0 Å². The van der Waals surface area contributed by atoms with Crippen LogP contribution in [0.4, 0.5) is 0 Å². The molecular weight excluding hydrogens is 290 g/mol. The molecule has 0 N–H and O–H groups in total. The summed E-state index contributed by atoms with van der Waals surface area (Å²) in [4.78, 5) is 0. The highest BCUT2D eigenvalue weighted by atomic mass is 35.7. The van der Waals surface area contributed by atoms with Gasteiger partial charge in [-0.3, -0.25) is 4.57 Å². The second kappa shape index (κ2) is 5.03. The Hall–Kier alpha value is -0.660. The Kier molecular flexibility index (Phi) is 4.34. The summed E-state index contributed by atoms with van der Waals surface area (Å²) in [6.07, 6.45) is 0. The van der Waals surface area contributed by atoms with E-state index in [0.29, 0.717) is 5.82 Å². The van der Waals surface area contributed by atoms with Crippen molar-refractivity contribution in [1.29, 1.82) is 0 Å². The highest BCUT2D eigenvalue weighted by molar-refractivity contribution is 8.13. The maximum absolute atomic E-state index is 11.5. The lowest BCUT2D eigenvalue weighted by Gasteiger charge is -2.25. The van der Waals surface area contributed by atoms with Crippen molar-refractivity contribution >= 4 is 19.7 Å². The summed E-state index contributed by atoms with van der Waals surface area (Å²) in [6, 6.07) is 0. The van der Waals surface area contributed by atoms with Gasteiger partial charge in [-0.25, -0.2) is 8.42 Å². The van der Waals surface area contributed by atoms with E-state index in [1.807, 2.05) is 41.5 Å². The smallest absolute Gasteiger partial charge is 0.296 e. The molecule has 0 aromatic carbocycles. The van der Waals surface area contributed by atoms with Gasteiger partial charge in [0.1, 0.15) is 6.61 Å². The Balaban J connectivity index is 3.25. The van der Waals surface area contributed by atoms with Crippen molar-refractivity contribution in [1.82, 2.24) is 14.8 Å². The molecule has 0 aliphatic rings. The second-order valence-corrected chi connectivity index (χ2v) is 8.70. The summed E-state index contributed by atoms with van der Waals surface area (Å²) in [5.41, 5.74) is -0.869. The van der Waals surface area contributed by atoms with Gasteiger partial charge in [-0.15, -0.1) is 10.2 Å². The second-order valence-electron chi connectivity index (χ2n) is 6.24. The van der Waals surface area contributed by atoms with Crippen LogP contribution in [-0.4, -0.2) is 28.8 Å². The normalized spacial score (nSPS) is 13.8. The predicted octanol–water partition coefficient (Wildman–Crippen LogP) is 2.28. The van der Waals surface area contributed by atoms with Gasteiger partial charge in [0, 0.05) is 16.2 Å². The molecule has 0 unspecified atom stereocenters. The Morgan fingerprint density at radius 2 is 1.68 bits per heavy atom. The molecule has 6 nitrogen and oxygen atoms in total. The maximum atomic E-state index is 11.5. The van der Waals surface area contributed by atoms with Gasteiger partial charge in [0.05, 0.1) is 5.60 Å². The van der Waals surface area contributed by atoms with Crippen molar-refractivity contribution in [2.24, 2.45) is 0 Å². The fraction of sp³-hybridized carbons (Fsp3) is 0.818. The number of halogens is 1. The molecule has 0 atom stereocenters. The summed E-state index contributed by atoms with van der Waals surface area (Å²) in [6.45, 7) is 11.4. The van der Waals surface area contributed by atoms with Crippen LogP contribution in [0.2, 0.25) is 0 Å². The van der Waals surface area contributed by atoms with E-state index in [0.717, 1.165) is 0 Å². The van der Waals surface area contributed by atoms with E-state index in [2.05, 4.69) is 10.2 Å². The molecule has 0 saturated heterocycles. The molecule has 0 aliphatic heterocycles. The first kappa shape index (κ1) is 16.4. The van der Waals surface area contributed by atoms with Gasteiger partial charge in [-0.1, -0.05) is 0 Å². The zero-order chi connectivity index (χ0) is 15.1. The van der Waals surface area contributed by atoms with Gasteiger partial charge in [-0.2, -0.15) is 0 Å². The fourth-order valence-electron chi connectivity index (χ4n) is 1.51. The number of hydrogen-bond acceptors (Lipinski definition) is 5. The summed E-state index contributed by atoms with van der Waals surface area (Å²) < 4.78 is 30.1. The van der Waals surface area contributed by atoms with Gasteiger partial charge in [0.2, 0.25) is 0 Å².